The molecule has 0 saturated carbocycles. The Bertz CT molecular complexity index is 1130. The van der Waals surface area contributed by atoms with Gasteiger partial charge in [-0.15, -0.1) is 0 Å². The Balaban J connectivity index is 1.60. The molecule has 1 fully saturated rings. The van der Waals surface area contributed by atoms with Crippen LogP contribution in [0.2, 0.25) is 0 Å². The first-order valence-corrected chi connectivity index (χ1v) is 12.0. The van der Waals surface area contributed by atoms with Crippen molar-refractivity contribution in [3.8, 4) is 0 Å². The minimum Gasteiger partial charge on any atom is -0.373 e. The fourth-order valence-electron chi connectivity index (χ4n) is 4.29. The quantitative estimate of drug-likeness (QED) is 0.779. The SMILES string of the molecule is CNc1nc(C2CCN(S(=O)(=O)c3ccc(C)c(C)c3)C2)nc2c1CCN(C(C)=O)C2. The first-order valence-electron chi connectivity index (χ1n) is 10.6. The average molecular weight is 444 g/mol. The smallest absolute Gasteiger partial charge is 0.243 e. The summed E-state index contributed by atoms with van der Waals surface area (Å²) in [6.45, 7) is 7.38. The summed E-state index contributed by atoms with van der Waals surface area (Å²) >= 11 is 0. The van der Waals surface area contributed by atoms with Crippen molar-refractivity contribution in [2.24, 2.45) is 0 Å². The normalized spacial score (nSPS) is 19.4. The lowest BCUT2D eigenvalue weighted by Gasteiger charge is -2.29. The molecule has 1 saturated heterocycles. The van der Waals surface area contributed by atoms with Crippen molar-refractivity contribution >= 4 is 21.7 Å². The van der Waals surface area contributed by atoms with Crippen LogP contribution in [0.1, 0.15) is 47.5 Å². The molecule has 1 atom stereocenters. The molecule has 1 N–H and O–H groups in total. The number of anilines is 1. The molecule has 1 aromatic carbocycles. The fourth-order valence-corrected chi connectivity index (χ4v) is 5.87. The van der Waals surface area contributed by atoms with E-state index < -0.39 is 10.0 Å². The number of benzene rings is 1. The van der Waals surface area contributed by atoms with Crippen molar-refractivity contribution in [2.75, 3.05) is 32.0 Å². The van der Waals surface area contributed by atoms with E-state index in [1.165, 1.54) is 4.31 Å². The van der Waals surface area contributed by atoms with Gasteiger partial charge in [-0.25, -0.2) is 18.4 Å². The maximum Gasteiger partial charge on any atom is 0.243 e. The number of amides is 1. The lowest BCUT2D eigenvalue weighted by atomic mass is 10.0. The van der Waals surface area contributed by atoms with Gasteiger partial charge in [0.05, 0.1) is 17.1 Å². The second kappa shape index (κ2) is 8.20. The Hall–Kier alpha value is -2.52. The number of sulfonamides is 1. The Morgan fingerprint density at radius 3 is 2.61 bits per heavy atom. The summed E-state index contributed by atoms with van der Waals surface area (Å²) in [6, 6.07) is 5.26. The highest BCUT2D eigenvalue weighted by Crippen LogP contribution is 2.32. The lowest BCUT2D eigenvalue weighted by Crippen LogP contribution is -2.35. The summed E-state index contributed by atoms with van der Waals surface area (Å²) in [6.07, 6.45) is 1.38. The van der Waals surface area contributed by atoms with Crippen LogP contribution in [-0.4, -0.2) is 60.2 Å². The van der Waals surface area contributed by atoms with Gasteiger partial charge in [0.2, 0.25) is 15.9 Å². The van der Waals surface area contributed by atoms with Gasteiger partial charge < -0.3 is 10.2 Å². The Morgan fingerprint density at radius 2 is 1.94 bits per heavy atom. The van der Waals surface area contributed by atoms with E-state index in [4.69, 9.17) is 9.97 Å². The lowest BCUT2D eigenvalue weighted by molar-refractivity contribution is -0.129. The van der Waals surface area contributed by atoms with Crippen LogP contribution < -0.4 is 5.32 Å². The number of hydrogen-bond acceptors (Lipinski definition) is 6. The van der Waals surface area contributed by atoms with E-state index in [0.29, 0.717) is 49.7 Å². The Kier molecular flexibility index (Phi) is 5.74. The second-order valence-corrected chi connectivity index (χ2v) is 10.3. The topological polar surface area (TPSA) is 95.5 Å². The van der Waals surface area contributed by atoms with Crippen LogP contribution in [0.3, 0.4) is 0 Å². The van der Waals surface area contributed by atoms with E-state index in [9.17, 15) is 13.2 Å². The molecule has 0 spiro atoms. The van der Waals surface area contributed by atoms with Crippen molar-refractivity contribution < 1.29 is 13.2 Å². The number of nitrogens with zero attached hydrogens (tertiary/aromatic N) is 4. The van der Waals surface area contributed by atoms with Gasteiger partial charge in [0.1, 0.15) is 11.6 Å². The van der Waals surface area contributed by atoms with Crippen molar-refractivity contribution in [1.29, 1.82) is 0 Å². The zero-order chi connectivity index (χ0) is 22.3. The highest BCUT2D eigenvalue weighted by Gasteiger charge is 2.35. The molecule has 8 nitrogen and oxygen atoms in total. The average Bonchev–Trinajstić information content (AvgIpc) is 3.25. The highest BCUT2D eigenvalue weighted by atomic mass is 32.2. The van der Waals surface area contributed by atoms with Crippen LogP contribution in [0.15, 0.2) is 23.1 Å². The zero-order valence-corrected chi connectivity index (χ0v) is 19.3. The summed E-state index contributed by atoms with van der Waals surface area (Å²) in [5.74, 6) is 1.37. The molecule has 2 aromatic rings. The maximum atomic E-state index is 13.2. The molecule has 31 heavy (non-hydrogen) atoms. The first kappa shape index (κ1) is 21.7. The number of hydrogen-bond donors (Lipinski definition) is 1. The van der Waals surface area contributed by atoms with Crippen LogP contribution in [-0.2, 0) is 27.8 Å². The molecule has 1 aromatic heterocycles. The monoisotopic (exact) mass is 443 g/mol. The third-order valence-electron chi connectivity index (χ3n) is 6.40. The number of aromatic nitrogens is 2. The molecule has 1 unspecified atom stereocenters. The Labute approximate surface area is 183 Å². The third kappa shape index (κ3) is 4.04. The molecule has 166 valence electrons. The summed E-state index contributed by atoms with van der Waals surface area (Å²) in [4.78, 5) is 23.5. The molecule has 4 rings (SSSR count). The van der Waals surface area contributed by atoms with Gasteiger partial charge in [0.25, 0.3) is 0 Å². The van der Waals surface area contributed by atoms with E-state index in [-0.39, 0.29) is 11.8 Å². The van der Waals surface area contributed by atoms with E-state index in [2.05, 4.69) is 5.32 Å². The van der Waals surface area contributed by atoms with Crippen LogP contribution in [0.5, 0.6) is 0 Å². The largest absolute Gasteiger partial charge is 0.373 e. The molecule has 0 radical (unpaired) electrons. The summed E-state index contributed by atoms with van der Waals surface area (Å²) in [7, 11) is -1.73. The van der Waals surface area contributed by atoms with Gasteiger partial charge in [0.15, 0.2) is 0 Å². The van der Waals surface area contributed by atoms with Gasteiger partial charge in [-0.05, 0) is 49.9 Å². The number of carbonyl (C=O) groups excluding carboxylic acids is 1. The van der Waals surface area contributed by atoms with Crippen molar-refractivity contribution in [3.05, 3.63) is 46.4 Å². The fraction of sp³-hybridized carbons (Fsp3) is 0.500. The molecule has 1 amide bonds. The predicted octanol–water partition coefficient (Wildman–Crippen LogP) is 2.22. The molecule has 2 aliphatic rings. The van der Waals surface area contributed by atoms with Crippen molar-refractivity contribution in [3.63, 3.8) is 0 Å². The van der Waals surface area contributed by atoms with E-state index >= 15 is 0 Å². The van der Waals surface area contributed by atoms with E-state index in [1.54, 1.807) is 24.0 Å². The summed E-state index contributed by atoms with van der Waals surface area (Å²) in [5, 5.41) is 3.16. The molecule has 9 heteroatoms. The summed E-state index contributed by atoms with van der Waals surface area (Å²) < 4.78 is 27.9. The molecule has 2 aliphatic heterocycles. The van der Waals surface area contributed by atoms with Gasteiger partial charge in [-0.3, -0.25) is 4.79 Å². The van der Waals surface area contributed by atoms with Crippen LogP contribution in [0, 0.1) is 13.8 Å². The van der Waals surface area contributed by atoms with Gasteiger partial charge in [-0.1, -0.05) is 6.07 Å². The number of carbonyl (C=O) groups is 1. The Morgan fingerprint density at radius 1 is 1.16 bits per heavy atom. The maximum absolute atomic E-state index is 13.2. The van der Waals surface area contributed by atoms with Crippen LogP contribution >= 0.6 is 0 Å². The molecule has 3 heterocycles. The number of nitrogens with one attached hydrogen (secondary N) is 1. The minimum atomic E-state index is -3.56. The number of fused-ring (bicyclic) bond motifs is 1. The molecule has 0 bridgehead atoms. The molecular formula is C22H29N5O3S. The number of aryl methyl sites for hydroxylation is 2. The van der Waals surface area contributed by atoms with Gasteiger partial charge >= 0.3 is 0 Å². The van der Waals surface area contributed by atoms with Crippen molar-refractivity contribution in [2.45, 2.75) is 51.0 Å². The van der Waals surface area contributed by atoms with Gasteiger partial charge in [-0.2, -0.15) is 4.31 Å². The molecular weight excluding hydrogens is 414 g/mol. The van der Waals surface area contributed by atoms with Gasteiger partial charge in [0, 0.05) is 45.1 Å². The third-order valence-corrected chi connectivity index (χ3v) is 8.26. The highest BCUT2D eigenvalue weighted by molar-refractivity contribution is 7.89. The zero-order valence-electron chi connectivity index (χ0n) is 18.5. The van der Waals surface area contributed by atoms with Crippen molar-refractivity contribution in [1.82, 2.24) is 19.2 Å². The summed E-state index contributed by atoms with van der Waals surface area (Å²) in [5.41, 5.74) is 3.93. The minimum absolute atomic E-state index is 0.0309. The first-order chi connectivity index (χ1) is 14.7. The van der Waals surface area contributed by atoms with E-state index in [0.717, 1.165) is 28.2 Å². The van der Waals surface area contributed by atoms with E-state index in [1.807, 2.05) is 27.0 Å². The standard InChI is InChI=1S/C22H29N5O3S/c1-14-5-6-18(11-15(14)2)31(29,30)27-10-7-17(12-27)21-24-20-13-26(16(3)28)9-8-19(20)22(23-4)25-21/h5-6,11,17H,7-10,12-13H2,1-4H3,(H,23,24,25). The number of rotatable bonds is 4. The van der Waals surface area contributed by atoms with Crippen LogP contribution in [0.4, 0.5) is 5.82 Å². The predicted molar refractivity (Wildman–Crippen MR) is 118 cm³/mol. The molecule has 0 aliphatic carbocycles. The van der Waals surface area contributed by atoms with Crippen LogP contribution in [0.25, 0.3) is 0 Å². The second-order valence-electron chi connectivity index (χ2n) is 8.39.